The molecule has 0 saturated carbocycles. The van der Waals surface area contributed by atoms with Crippen LogP contribution < -0.4 is 21.1 Å². The van der Waals surface area contributed by atoms with Gasteiger partial charge in [-0.3, -0.25) is 9.59 Å². The lowest BCUT2D eigenvalue weighted by atomic mass is 10.1. The number of aromatic nitrogens is 2. The number of nitrogens with zero attached hydrogens (tertiary/aromatic N) is 3. The molecule has 2 heterocycles. The number of rotatable bonds is 8. The topological polar surface area (TPSA) is 138 Å². The van der Waals surface area contributed by atoms with E-state index in [-0.39, 0.29) is 21.6 Å². The Labute approximate surface area is 197 Å². The van der Waals surface area contributed by atoms with Crippen molar-refractivity contribution in [2.45, 2.75) is 13.0 Å². The maximum atomic E-state index is 13.4. The number of hydrogen-bond donors (Lipinski definition) is 2. The SMILES string of the molecule is COc1ccccc1-c1cc(C(=O)c2sc(N(c3ccc(F)cc3)C(C)C(N)=O)nc2N)on1. The number of methoxy groups -OCH3 is 1. The van der Waals surface area contributed by atoms with Crippen molar-refractivity contribution < 1.29 is 23.2 Å². The fourth-order valence-corrected chi connectivity index (χ4v) is 4.32. The van der Waals surface area contributed by atoms with Gasteiger partial charge < -0.3 is 25.6 Å². The van der Waals surface area contributed by atoms with E-state index in [4.69, 9.17) is 20.7 Å². The van der Waals surface area contributed by atoms with Crippen molar-refractivity contribution in [2.24, 2.45) is 5.73 Å². The van der Waals surface area contributed by atoms with Gasteiger partial charge in [-0.2, -0.15) is 0 Å². The molecule has 34 heavy (non-hydrogen) atoms. The molecule has 9 nitrogen and oxygen atoms in total. The Balaban J connectivity index is 1.69. The zero-order valence-electron chi connectivity index (χ0n) is 18.2. The van der Waals surface area contributed by atoms with Crippen molar-refractivity contribution in [3.8, 4) is 17.0 Å². The number of benzene rings is 2. The maximum Gasteiger partial charge on any atom is 0.244 e. The fraction of sp³-hybridized carbons (Fsp3) is 0.130. The van der Waals surface area contributed by atoms with Crippen LogP contribution in [0.25, 0.3) is 11.3 Å². The van der Waals surface area contributed by atoms with Crippen molar-refractivity contribution >= 4 is 39.7 Å². The minimum atomic E-state index is -0.846. The molecule has 4 rings (SSSR count). The summed E-state index contributed by atoms with van der Waals surface area (Å²) in [5.74, 6) is -1.13. The Kier molecular flexibility index (Phi) is 6.28. The number of para-hydroxylation sites is 1. The summed E-state index contributed by atoms with van der Waals surface area (Å²) in [6, 6.07) is 13.3. The molecule has 1 unspecified atom stereocenters. The smallest absolute Gasteiger partial charge is 0.244 e. The lowest BCUT2D eigenvalue weighted by Gasteiger charge is -2.26. The number of thiazole rings is 1. The average Bonchev–Trinajstić information content (AvgIpc) is 3.47. The van der Waals surface area contributed by atoms with Gasteiger partial charge in [-0.1, -0.05) is 28.6 Å². The minimum absolute atomic E-state index is 0.0425. The van der Waals surface area contributed by atoms with Crippen LogP contribution in [0.1, 0.15) is 22.4 Å². The number of halogens is 1. The lowest BCUT2D eigenvalue weighted by Crippen LogP contribution is -2.39. The van der Waals surface area contributed by atoms with Gasteiger partial charge in [-0.05, 0) is 43.3 Å². The summed E-state index contributed by atoms with van der Waals surface area (Å²) in [5.41, 5.74) is 13.1. The van der Waals surface area contributed by atoms with E-state index >= 15 is 0 Å². The van der Waals surface area contributed by atoms with Gasteiger partial charge in [0.05, 0.1) is 7.11 Å². The van der Waals surface area contributed by atoms with Gasteiger partial charge in [0, 0.05) is 17.3 Å². The molecule has 4 aromatic rings. The van der Waals surface area contributed by atoms with Gasteiger partial charge >= 0.3 is 0 Å². The van der Waals surface area contributed by atoms with Crippen LogP contribution in [0, 0.1) is 5.82 Å². The molecule has 174 valence electrons. The van der Waals surface area contributed by atoms with Crippen LogP contribution in [0.5, 0.6) is 5.75 Å². The molecule has 0 radical (unpaired) electrons. The third kappa shape index (κ3) is 4.33. The van der Waals surface area contributed by atoms with Gasteiger partial charge in [0.2, 0.25) is 17.5 Å². The van der Waals surface area contributed by atoms with Crippen LogP contribution >= 0.6 is 11.3 Å². The zero-order valence-corrected chi connectivity index (χ0v) is 19.0. The minimum Gasteiger partial charge on any atom is -0.496 e. The monoisotopic (exact) mass is 481 g/mol. The zero-order chi connectivity index (χ0) is 24.4. The van der Waals surface area contributed by atoms with E-state index in [2.05, 4.69) is 10.1 Å². The second kappa shape index (κ2) is 9.32. The molecule has 0 bridgehead atoms. The first-order valence-corrected chi connectivity index (χ1v) is 10.9. The van der Waals surface area contributed by atoms with Crippen molar-refractivity contribution in [3.63, 3.8) is 0 Å². The van der Waals surface area contributed by atoms with Gasteiger partial charge in [-0.25, -0.2) is 9.37 Å². The van der Waals surface area contributed by atoms with Crippen molar-refractivity contribution in [2.75, 3.05) is 17.7 Å². The molecule has 0 aliphatic carbocycles. The molecule has 0 aliphatic rings. The Bertz CT molecular complexity index is 1350. The Morgan fingerprint density at radius 1 is 1.18 bits per heavy atom. The van der Waals surface area contributed by atoms with Gasteiger partial charge in [0.25, 0.3) is 0 Å². The number of ketones is 1. The normalized spacial score (nSPS) is 11.7. The Morgan fingerprint density at radius 3 is 2.56 bits per heavy atom. The van der Waals surface area contributed by atoms with E-state index in [1.807, 2.05) is 12.1 Å². The van der Waals surface area contributed by atoms with E-state index in [0.717, 1.165) is 11.3 Å². The van der Waals surface area contributed by atoms with Gasteiger partial charge in [0.15, 0.2) is 5.13 Å². The molecule has 2 aromatic heterocycles. The third-order valence-electron chi connectivity index (χ3n) is 5.08. The number of ether oxygens (including phenoxy) is 1. The first kappa shape index (κ1) is 22.9. The summed E-state index contributed by atoms with van der Waals surface area (Å²) in [6.45, 7) is 1.57. The number of nitrogen functional groups attached to an aromatic ring is 1. The number of anilines is 3. The number of carbonyl (C=O) groups is 2. The summed E-state index contributed by atoms with van der Waals surface area (Å²) in [5, 5.41) is 4.22. The second-order valence-electron chi connectivity index (χ2n) is 7.24. The van der Waals surface area contributed by atoms with Crippen LogP contribution in [0.3, 0.4) is 0 Å². The second-order valence-corrected chi connectivity index (χ2v) is 8.22. The highest BCUT2D eigenvalue weighted by Crippen LogP contribution is 2.36. The average molecular weight is 482 g/mol. The predicted molar refractivity (Wildman–Crippen MR) is 126 cm³/mol. The van der Waals surface area contributed by atoms with Crippen LogP contribution in [0.4, 0.5) is 21.0 Å². The summed E-state index contributed by atoms with van der Waals surface area (Å²) in [4.78, 5) is 31.0. The largest absolute Gasteiger partial charge is 0.496 e. The van der Waals surface area contributed by atoms with Gasteiger partial charge in [0.1, 0.15) is 34.0 Å². The number of primary amides is 1. The third-order valence-corrected chi connectivity index (χ3v) is 6.14. The molecule has 2 aromatic carbocycles. The fourth-order valence-electron chi connectivity index (χ4n) is 3.29. The highest BCUT2D eigenvalue weighted by Gasteiger charge is 2.29. The first-order chi connectivity index (χ1) is 16.3. The molecule has 1 atom stereocenters. The number of carbonyl (C=O) groups excluding carboxylic acids is 2. The molecule has 0 fully saturated rings. The van der Waals surface area contributed by atoms with E-state index in [1.54, 1.807) is 19.1 Å². The molecule has 11 heteroatoms. The molecule has 4 N–H and O–H groups in total. The lowest BCUT2D eigenvalue weighted by molar-refractivity contribution is -0.118. The Hall–Kier alpha value is -4.25. The van der Waals surface area contributed by atoms with E-state index < -0.39 is 23.5 Å². The van der Waals surface area contributed by atoms with Crippen molar-refractivity contribution in [1.82, 2.24) is 10.1 Å². The van der Waals surface area contributed by atoms with E-state index in [9.17, 15) is 14.0 Å². The highest BCUT2D eigenvalue weighted by molar-refractivity contribution is 7.18. The molecular weight excluding hydrogens is 461 g/mol. The summed E-state index contributed by atoms with van der Waals surface area (Å²) in [7, 11) is 1.53. The maximum absolute atomic E-state index is 13.4. The molecule has 0 aliphatic heterocycles. The van der Waals surface area contributed by atoms with Crippen LogP contribution in [-0.4, -0.2) is 35.0 Å². The Morgan fingerprint density at radius 2 is 1.88 bits per heavy atom. The van der Waals surface area contributed by atoms with Crippen LogP contribution in [0.2, 0.25) is 0 Å². The van der Waals surface area contributed by atoms with Crippen LogP contribution in [-0.2, 0) is 4.79 Å². The molecule has 0 spiro atoms. The standard InChI is InChI=1S/C23H20FN5O4S/c1-12(22(26)31)29(14-9-7-13(24)8-10-14)23-27-21(25)20(34-23)19(30)18-11-16(28-33-18)15-5-3-4-6-17(15)32-2/h3-12H,25H2,1-2H3,(H2,26,31). The molecule has 1 amide bonds. The number of nitrogens with two attached hydrogens (primary N) is 2. The van der Waals surface area contributed by atoms with Gasteiger partial charge in [-0.15, -0.1) is 0 Å². The summed E-state index contributed by atoms with van der Waals surface area (Å²) >= 11 is 0.954. The molecular formula is C23H20FN5O4S. The van der Waals surface area contributed by atoms with Crippen LogP contribution in [0.15, 0.2) is 59.1 Å². The predicted octanol–water partition coefficient (Wildman–Crippen LogP) is 3.77. The van der Waals surface area contributed by atoms with Crippen molar-refractivity contribution in [3.05, 3.63) is 71.1 Å². The quantitative estimate of drug-likeness (QED) is 0.363. The number of amides is 1. The highest BCUT2D eigenvalue weighted by atomic mass is 32.1. The number of hydrogen-bond acceptors (Lipinski definition) is 9. The van der Waals surface area contributed by atoms with E-state index in [0.29, 0.717) is 22.7 Å². The molecule has 0 saturated heterocycles. The van der Waals surface area contributed by atoms with E-state index in [1.165, 1.54) is 42.3 Å². The summed E-state index contributed by atoms with van der Waals surface area (Å²) in [6.07, 6.45) is 0. The van der Waals surface area contributed by atoms with Crippen molar-refractivity contribution in [1.29, 1.82) is 0 Å². The summed E-state index contributed by atoms with van der Waals surface area (Å²) < 4.78 is 24.0. The first-order valence-electron chi connectivity index (χ1n) is 10.1.